The molecule has 0 aliphatic rings. The molecule has 0 aromatic heterocycles. The summed E-state index contributed by atoms with van der Waals surface area (Å²) in [5.41, 5.74) is 0.532. The van der Waals surface area contributed by atoms with E-state index < -0.39 is 16.8 Å². The Labute approximate surface area is 88.9 Å². The van der Waals surface area contributed by atoms with Gasteiger partial charge in [-0.05, 0) is 39.7 Å². The largest absolute Gasteiger partial charge is 0.441 e. The fraction of sp³-hybridized carbons (Fsp3) is 0.667. The Morgan fingerprint density at radius 3 is 1.93 bits per heavy atom. The molecule has 1 amide bonds. The Balaban J connectivity index is 4.35. The zero-order valence-corrected chi connectivity index (χ0v) is 12.0. The molecule has 3 nitrogen and oxygen atoms in total. The van der Waals surface area contributed by atoms with Gasteiger partial charge in [0.25, 0.3) is 8.48 Å². The predicted molar refractivity (Wildman–Crippen MR) is 64.9 cm³/mol. The highest BCUT2D eigenvalue weighted by molar-refractivity contribution is 6.84. The monoisotopic (exact) mass is 231 g/mol. The highest BCUT2D eigenvalue weighted by atomic mass is 28.4. The molecule has 0 aliphatic carbocycles. The van der Waals surface area contributed by atoms with Crippen LogP contribution in [0.4, 0.5) is 0 Å². The molecule has 0 saturated heterocycles. The van der Waals surface area contributed by atoms with Gasteiger partial charge in [0.2, 0.25) is 5.91 Å². The second-order valence-corrected chi connectivity index (χ2v) is 13.3. The molecule has 0 aromatic rings. The fourth-order valence-electron chi connectivity index (χ4n) is 1.17. The van der Waals surface area contributed by atoms with E-state index in [-0.39, 0.29) is 5.91 Å². The Morgan fingerprint density at radius 1 is 1.21 bits per heavy atom. The minimum Gasteiger partial charge on any atom is -0.441 e. The number of carbonyl (C=O) groups excluding carboxylic acids is 1. The number of rotatable bonds is 4. The van der Waals surface area contributed by atoms with Crippen molar-refractivity contribution in [3.63, 3.8) is 0 Å². The smallest absolute Gasteiger partial charge is 0.284 e. The van der Waals surface area contributed by atoms with Crippen molar-refractivity contribution in [1.29, 1.82) is 0 Å². The van der Waals surface area contributed by atoms with Gasteiger partial charge in [-0.25, -0.2) is 0 Å². The Morgan fingerprint density at radius 2 is 1.64 bits per heavy atom. The van der Waals surface area contributed by atoms with Crippen LogP contribution in [0.15, 0.2) is 12.2 Å². The van der Waals surface area contributed by atoms with Crippen LogP contribution in [0.3, 0.4) is 0 Å². The topological polar surface area (TPSA) is 38.3 Å². The van der Waals surface area contributed by atoms with E-state index in [1.807, 2.05) is 13.1 Å². The van der Waals surface area contributed by atoms with E-state index in [2.05, 4.69) is 31.2 Å². The lowest BCUT2D eigenvalue weighted by molar-refractivity contribution is -0.116. The first-order valence-electron chi connectivity index (χ1n) is 4.72. The standard InChI is InChI=1S/C9H21NO2Si2/c1-8(2)9(11)10-14(6,7)12-13(3,4)5/h1H2,2-7H3,(H,10,11). The summed E-state index contributed by atoms with van der Waals surface area (Å²) in [6.07, 6.45) is 0. The van der Waals surface area contributed by atoms with Crippen molar-refractivity contribution in [2.45, 2.75) is 39.7 Å². The summed E-state index contributed by atoms with van der Waals surface area (Å²) in [5.74, 6) is -0.0973. The molecular weight excluding hydrogens is 210 g/mol. The Bertz CT molecular complexity index is 244. The van der Waals surface area contributed by atoms with Crippen molar-refractivity contribution in [2.75, 3.05) is 0 Å². The molecule has 0 atom stereocenters. The first-order valence-corrected chi connectivity index (χ1v) is 11.0. The van der Waals surface area contributed by atoms with Gasteiger partial charge in [-0.3, -0.25) is 4.79 Å². The normalized spacial score (nSPS) is 12.4. The maximum absolute atomic E-state index is 11.4. The minimum absolute atomic E-state index is 0.0973. The van der Waals surface area contributed by atoms with E-state index >= 15 is 0 Å². The molecule has 0 aliphatic heterocycles. The van der Waals surface area contributed by atoms with Gasteiger partial charge >= 0.3 is 0 Å². The van der Waals surface area contributed by atoms with Crippen molar-refractivity contribution < 1.29 is 8.91 Å². The molecule has 0 unspecified atom stereocenters. The molecule has 0 aromatic carbocycles. The van der Waals surface area contributed by atoms with Crippen LogP contribution >= 0.6 is 0 Å². The van der Waals surface area contributed by atoms with Gasteiger partial charge in [0, 0.05) is 5.57 Å². The molecule has 1 N–H and O–H groups in total. The lowest BCUT2D eigenvalue weighted by Crippen LogP contribution is -2.55. The molecule has 5 heteroatoms. The van der Waals surface area contributed by atoms with Gasteiger partial charge in [0.15, 0.2) is 8.32 Å². The van der Waals surface area contributed by atoms with Crippen LogP contribution in [0.2, 0.25) is 32.7 Å². The predicted octanol–water partition coefficient (Wildman–Crippen LogP) is 2.23. The number of hydrogen-bond donors (Lipinski definition) is 1. The van der Waals surface area contributed by atoms with Crippen molar-refractivity contribution in [1.82, 2.24) is 4.98 Å². The molecule has 0 radical (unpaired) electrons. The second-order valence-electron chi connectivity index (χ2n) is 4.96. The van der Waals surface area contributed by atoms with Crippen LogP contribution in [0.25, 0.3) is 0 Å². The van der Waals surface area contributed by atoms with Gasteiger partial charge in [0.1, 0.15) is 0 Å². The van der Waals surface area contributed by atoms with E-state index in [1.165, 1.54) is 0 Å². The van der Waals surface area contributed by atoms with Gasteiger partial charge in [-0.1, -0.05) is 6.58 Å². The lowest BCUT2D eigenvalue weighted by Gasteiger charge is -2.31. The number of amides is 1. The van der Waals surface area contributed by atoms with E-state index in [1.54, 1.807) is 6.92 Å². The Kier molecular flexibility index (Phi) is 4.29. The highest BCUT2D eigenvalue weighted by Gasteiger charge is 2.31. The third kappa shape index (κ3) is 6.12. The van der Waals surface area contributed by atoms with Gasteiger partial charge in [0.05, 0.1) is 0 Å². The summed E-state index contributed by atoms with van der Waals surface area (Å²) in [6.45, 7) is 15.6. The third-order valence-electron chi connectivity index (χ3n) is 1.36. The first-order chi connectivity index (χ1) is 6.03. The van der Waals surface area contributed by atoms with Crippen molar-refractivity contribution in [2.24, 2.45) is 0 Å². The molecular formula is C9H21NO2Si2. The van der Waals surface area contributed by atoms with Crippen LogP contribution in [0.1, 0.15) is 6.92 Å². The van der Waals surface area contributed by atoms with E-state index in [9.17, 15) is 4.79 Å². The summed E-state index contributed by atoms with van der Waals surface area (Å²) in [7, 11) is -3.64. The zero-order chi connectivity index (χ0) is 11.6. The van der Waals surface area contributed by atoms with Gasteiger partial charge in [-0.2, -0.15) is 0 Å². The van der Waals surface area contributed by atoms with Crippen LogP contribution in [0.5, 0.6) is 0 Å². The molecule has 0 heterocycles. The number of carbonyl (C=O) groups is 1. The maximum atomic E-state index is 11.4. The van der Waals surface area contributed by atoms with Crippen molar-refractivity contribution in [3.05, 3.63) is 12.2 Å². The highest BCUT2D eigenvalue weighted by Crippen LogP contribution is 2.11. The Hall–Kier alpha value is -0.396. The summed E-state index contributed by atoms with van der Waals surface area (Å²) in [6, 6.07) is 0. The van der Waals surface area contributed by atoms with E-state index in [4.69, 9.17) is 4.12 Å². The second kappa shape index (κ2) is 4.42. The van der Waals surface area contributed by atoms with Crippen LogP contribution in [-0.2, 0) is 8.91 Å². The van der Waals surface area contributed by atoms with Crippen LogP contribution in [-0.4, -0.2) is 22.7 Å². The summed E-state index contributed by atoms with van der Waals surface area (Å²) < 4.78 is 5.95. The average Bonchev–Trinajstić information content (AvgIpc) is 1.78. The first kappa shape index (κ1) is 13.6. The van der Waals surface area contributed by atoms with Crippen molar-refractivity contribution in [3.8, 4) is 0 Å². The van der Waals surface area contributed by atoms with Crippen LogP contribution in [0, 0.1) is 0 Å². The van der Waals surface area contributed by atoms with Crippen LogP contribution < -0.4 is 4.98 Å². The van der Waals surface area contributed by atoms with E-state index in [0.29, 0.717) is 5.57 Å². The maximum Gasteiger partial charge on any atom is 0.284 e. The summed E-state index contributed by atoms with van der Waals surface area (Å²) in [4.78, 5) is 14.3. The van der Waals surface area contributed by atoms with Gasteiger partial charge < -0.3 is 9.10 Å². The zero-order valence-electron chi connectivity index (χ0n) is 10.0. The third-order valence-corrected chi connectivity index (χ3v) is 6.68. The lowest BCUT2D eigenvalue weighted by atomic mass is 10.3. The summed E-state index contributed by atoms with van der Waals surface area (Å²) >= 11 is 0. The molecule has 0 saturated carbocycles. The SMILES string of the molecule is C=C(C)C(=O)N[Si](C)(C)O[Si](C)(C)C. The molecule has 0 rings (SSSR count). The molecule has 0 spiro atoms. The molecule has 0 fully saturated rings. The fourth-order valence-corrected chi connectivity index (χ4v) is 8.26. The number of hydrogen-bond acceptors (Lipinski definition) is 2. The van der Waals surface area contributed by atoms with Crippen molar-refractivity contribution >= 4 is 22.7 Å². The molecule has 0 bridgehead atoms. The minimum atomic E-state index is -2.06. The molecule has 82 valence electrons. The number of nitrogens with one attached hydrogen (secondary N) is 1. The molecule has 14 heavy (non-hydrogen) atoms. The average molecular weight is 231 g/mol. The van der Waals surface area contributed by atoms with E-state index in [0.717, 1.165) is 0 Å². The summed E-state index contributed by atoms with van der Waals surface area (Å²) in [5, 5.41) is 0. The van der Waals surface area contributed by atoms with Gasteiger partial charge in [-0.15, -0.1) is 0 Å². The quantitative estimate of drug-likeness (QED) is 0.595.